The number of carboxylic acid groups (broad SMARTS) is 2. The summed E-state index contributed by atoms with van der Waals surface area (Å²) in [4.78, 5) is 19.1. The maximum Gasteiger partial charge on any atom is 0.328 e. The van der Waals surface area contributed by atoms with Crippen molar-refractivity contribution in [2.45, 2.75) is 19.8 Å². The normalized spacial score (nSPS) is 8.69. The van der Waals surface area contributed by atoms with Crippen molar-refractivity contribution in [3.8, 4) is 0 Å². The van der Waals surface area contributed by atoms with E-state index in [-0.39, 0.29) is 0 Å². The SMILES string of the molecule is C=CCCC.O=C(O)C=CC(=O)O. The molecule has 0 aromatic heterocycles. The van der Waals surface area contributed by atoms with E-state index in [0.29, 0.717) is 12.2 Å². The fourth-order valence-corrected chi connectivity index (χ4v) is 0.347. The molecule has 0 saturated heterocycles. The molecular weight excluding hydrogens is 172 g/mol. The molecule has 4 heteroatoms. The van der Waals surface area contributed by atoms with Crippen LogP contribution < -0.4 is 0 Å². The van der Waals surface area contributed by atoms with Crippen LogP contribution in [0.25, 0.3) is 0 Å². The monoisotopic (exact) mass is 186 g/mol. The topological polar surface area (TPSA) is 74.6 Å². The standard InChI is InChI=1S/C5H10.C4H4O4/c1-3-5-4-2;5-3(6)1-2-4(7)8/h3H,1,4-5H2,2H3;1-2H,(H,5,6)(H,7,8). The largest absolute Gasteiger partial charge is 0.478 e. The van der Waals surface area contributed by atoms with Crippen LogP contribution in [-0.4, -0.2) is 22.2 Å². The average molecular weight is 186 g/mol. The van der Waals surface area contributed by atoms with E-state index in [1.807, 2.05) is 6.08 Å². The average Bonchev–Trinajstić information content (AvgIpc) is 2.03. The molecule has 0 fully saturated rings. The van der Waals surface area contributed by atoms with Gasteiger partial charge in [-0.15, -0.1) is 6.58 Å². The second-order valence-electron chi connectivity index (χ2n) is 2.09. The Kier molecular flexibility index (Phi) is 11.2. The van der Waals surface area contributed by atoms with Crippen LogP contribution in [0, 0.1) is 0 Å². The van der Waals surface area contributed by atoms with E-state index in [9.17, 15) is 9.59 Å². The molecule has 0 spiro atoms. The van der Waals surface area contributed by atoms with Crippen molar-refractivity contribution in [3.05, 3.63) is 24.8 Å². The molecule has 0 unspecified atom stereocenters. The first-order valence-electron chi connectivity index (χ1n) is 3.79. The predicted octanol–water partition coefficient (Wildman–Crippen LogP) is 1.68. The van der Waals surface area contributed by atoms with Gasteiger partial charge in [-0.1, -0.05) is 19.4 Å². The van der Waals surface area contributed by atoms with E-state index in [4.69, 9.17) is 10.2 Å². The lowest BCUT2D eigenvalue weighted by Gasteiger charge is -1.74. The molecule has 0 bridgehead atoms. The van der Waals surface area contributed by atoms with Crippen LogP contribution in [0.1, 0.15) is 19.8 Å². The van der Waals surface area contributed by atoms with Crippen LogP contribution >= 0.6 is 0 Å². The fraction of sp³-hybridized carbons (Fsp3) is 0.333. The molecule has 74 valence electrons. The number of carboxylic acids is 2. The van der Waals surface area contributed by atoms with Crippen molar-refractivity contribution in [2.75, 3.05) is 0 Å². The van der Waals surface area contributed by atoms with E-state index in [0.717, 1.165) is 6.42 Å². The van der Waals surface area contributed by atoms with Gasteiger partial charge in [0.2, 0.25) is 0 Å². The summed E-state index contributed by atoms with van der Waals surface area (Å²) < 4.78 is 0. The van der Waals surface area contributed by atoms with Gasteiger partial charge in [-0.05, 0) is 6.42 Å². The van der Waals surface area contributed by atoms with Gasteiger partial charge in [0.05, 0.1) is 0 Å². The van der Waals surface area contributed by atoms with E-state index in [1.54, 1.807) is 0 Å². The highest BCUT2D eigenvalue weighted by molar-refractivity contribution is 5.89. The number of allylic oxidation sites excluding steroid dienone is 1. The fourth-order valence-electron chi connectivity index (χ4n) is 0.347. The van der Waals surface area contributed by atoms with Gasteiger partial charge >= 0.3 is 11.9 Å². The Morgan fingerprint density at radius 1 is 1.23 bits per heavy atom. The van der Waals surface area contributed by atoms with Gasteiger partial charge in [0.15, 0.2) is 0 Å². The van der Waals surface area contributed by atoms with Gasteiger partial charge in [0.1, 0.15) is 0 Å². The summed E-state index contributed by atoms with van der Waals surface area (Å²) in [7, 11) is 0. The Morgan fingerprint density at radius 3 is 1.69 bits per heavy atom. The van der Waals surface area contributed by atoms with E-state index < -0.39 is 11.9 Å². The number of aliphatic carboxylic acids is 2. The molecule has 0 atom stereocenters. The Hall–Kier alpha value is -1.58. The lowest BCUT2D eigenvalue weighted by atomic mass is 10.3. The summed E-state index contributed by atoms with van der Waals surface area (Å²) in [6.45, 7) is 5.69. The number of carbonyl (C=O) groups is 2. The van der Waals surface area contributed by atoms with Gasteiger partial charge in [-0.25, -0.2) is 9.59 Å². The maximum atomic E-state index is 9.55. The highest BCUT2D eigenvalue weighted by atomic mass is 16.4. The van der Waals surface area contributed by atoms with Crippen molar-refractivity contribution >= 4 is 11.9 Å². The molecule has 0 rings (SSSR count). The minimum absolute atomic E-state index is 0.558. The Bertz CT molecular complexity index is 178. The summed E-state index contributed by atoms with van der Waals surface area (Å²) in [6.07, 6.45) is 5.42. The molecule has 0 heterocycles. The molecule has 0 aliphatic heterocycles. The van der Waals surface area contributed by atoms with Crippen molar-refractivity contribution in [1.82, 2.24) is 0 Å². The number of unbranched alkanes of at least 4 members (excludes halogenated alkanes) is 1. The lowest BCUT2D eigenvalue weighted by molar-refractivity contribution is -0.134. The predicted molar refractivity (Wildman–Crippen MR) is 49.5 cm³/mol. The van der Waals surface area contributed by atoms with Gasteiger partial charge in [0, 0.05) is 12.2 Å². The zero-order valence-corrected chi connectivity index (χ0v) is 7.56. The highest BCUT2D eigenvalue weighted by Crippen LogP contribution is 1.82. The molecule has 0 aromatic rings. The number of hydrogen-bond donors (Lipinski definition) is 2. The maximum absolute atomic E-state index is 9.55. The zero-order valence-electron chi connectivity index (χ0n) is 7.56. The molecule has 0 amide bonds. The molecule has 0 radical (unpaired) electrons. The third kappa shape index (κ3) is 25.1. The highest BCUT2D eigenvalue weighted by Gasteiger charge is 1.88. The summed E-state index contributed by atoms with van der Waals surface area (Å²) in [5.74, 6) is -2.51. The van der Waals surface area contributed by atoms with Gasteiger partial charge in [-0.2, -0.15) is 0 Å². The second-order valence-corrected chi connectivity index (χ2v) is 2.09. The van der Waals surface area contributed by atoms with Crippen LogP contribution in [0.5, 0.6) is 0 Å². The van der Waals surface area contributed by atoms with Crippen LogP contribution in [0.15, 0.2) is 24.8 Å². The Balaban J connectivity index is 0. The van der Waals surface area contributed by atoms with Gasteiger partial charge < -0.3 is 10.2 Å². The van der Waals surface area contributed by atoms with E-state index in [1.165, 1.54) is 6.42 Å². The van der Waals surface area contributed by atoms with Crippen LogP contribution in [0.2, 0.25) is 0 Å². The third-order valence-corrected chi connectivity index (χ3v) is 0.861. The van der Waals surface area contributed by atoms with Crippen molar-refractivity contribution in [2.24, 2.45) is 0 Å². The van der Waals surface area contributed by atoms with Crippen molar-refractivity contribution in [1.29, 1.82) is 0 Å². The quantitative estimate of drug-likeness (QED) is 0.517. The minimum atomic E-state index is -1.26. The van der Waals surface area contributed by atoms with E-state index >= 15 is 0 Å². The number of rotatable bonds is 4. The summed E-state index contributed by atoms with van der Waals surface area (Å²) in [5.41, 5.74) is 0. The molecule has 13 heavy (non-hydrogen) atoms. The third-order valence-electron chi connectivity index (χ3n) is 0.861. The molecular formula is C9H14O4. The lowest BCUT2D eigenvalue weighted by Crippen LogP contribution is -1.91. The van der Waals surface area contributed by atoms with Crippen LogP contribution in [0.3, 0.4) is 0 Å². The molecule has 0 aromatic carbocycles. The number of hydrogen-bond acceptors (Lipinski definition) is 2. The molecule has 0 aliphatic rings. The summed E-state index contributed by atoms with van der Waals surface area (Å²) >= 11 is 0. The van der Waals surface area contributed by atoms with Gasteiger partial charge in [-0.3, -0.25) is 0 Å². The second kappa shape index (κ2) is 10.4. The zero-order chi connectivity index (χ0) is 10.7. The minimum Gasteiger partial charge on any atom is -0.478 e. The Morgan fingerprint density at radius 2 is 1.62 bits per heavy atom. The first kappa shape index (κ1) is 14.0. The molecule has 0 aliphatic carbocycles. The van der Waals surface area contributed by atoms with Crippen molar-refractivity contribution < 1.29 is 19.8 Å². The molecule has 4 nitrogen and oxygen atoms in total. The van der Waals surface area contributed by atoms with Crippen LogP contribution in [0.4, 0.5) is 0 Å². The summed E-state index contributed by atoms with van der Waals surface area (Å²) in [6, 6.07) is 0. The smallest absolute Gasteiger partial charge is 0.328 e. The first-order valence-corrected chi connectivity index (χ1v) is 3.79. The first-order chi connectivity index (χ1) is 6.04. The summed E-state index contributed by atoms with van der Waals surface area (Å²) in [5, 5.41) is 15.6. The van der Waals surface area contributed by atoms with E-state index in [2.05, 4.69) is 13.5 Å². The molecule has 2 N–H and O–H groups in total. The molecule has 0 saturated carbocycles. The van der Waals surface area contributed by atoms with Crippen LogP contribution in [-0.2, 0) is 9.59 Å². The van der Waals surface area contributed by atoms with Gasteiger partial charge in [0.25, 0.3) is 0 Å². The Labute approximate surface area is 77.2 Å². The van der Waals surface area contributed by atoms with Crippen molar-refractivity contribution in [3.63, 3.8) is 0 Å².